The van der Waals surface area contributed by atoms with E-state index in [1.807, 2.05) is 0 Å². The van der Waals surface area contributed by atoms with E-state index in [0.29, 0.717) is 31.9 Å². The maximum Gasteiger partial charge on any atom is 0.239 e. The lowest BCUT2D eigenvalue weighted by molar-refractivity contribution is -0.142. The Labute approximate surface area is 124 Å². The topological polar surface area (TPSA) is 88.9 Å². The van der Waals surface area contributed by atoms with Crippen LogP contribution in [0.2, 0.25) is 0 Å². The van der Waals surface area contributed by atoms with Crippen molar-refractivity contribution < 1.29 is 19.1 Å². The first-order valence-corrected chi connectivity index (χ1v) is 6.45. The van der Waals surface area contributed by atoms with Crippen molar-refractivity contribution in [1.29, 1.82) is 0 Å². The molecule has 3 atom stereocenters. The third-order valence-electron chi connectivity index (χ3n) is 3.27. The van der Waals surface area contributed by atoms with Gasteiger partial charge in [-0.25, -0.2) is 0 Å². The van der Waals surface area contributed by atoms with Crippen LogP contribution in [0.25, 0.3) is 0 Å². The first-order valence-electron chi connectivity index (χ1n) is 6.45. The number of aliphatic hydroxyl groups is 1. The molecule has 7 heteroatoms. The minimum atomic E-state index is -0.745. The van der Waals surface area contributed by atoms with Crippen LogP contribution in [0.1, 0.15) is 25.2 Å². The lowest BCUT2D eigenvalue weighted by Crippen LogP contribution is -2.53. The summed E-state index contributed by atoms with van der Waals surface area (Å²) >= 11 is 0. The average Bonchev–Trinajstić information content (AvgIpc) is 2.92. The zero-order valence-electron chi connectivity index (χ0n) is 11.4. The monoisotopic (exact) mass is 304 g/mol. The van der Waals surface area contributed by atoms with Gasteiger partial charge in [-0.2, -0.15) is 0 Å². The number of carbonyl (C=O) groups is 1. The van der Waals surface area contributed by atoms with Crippen LogP contribution in [0.3, 0.4) is 0 Å². The molecule has 6 nitrogen and oxygen atoms in total. The summed E-state index contributed by atoms with van der Waals surface area (Å²) in [7, 11) is 0. The number of hydrogen-bond donors (Lipinski definition) is 2. The zero-order valence-corrected chi connectivity index (χ0v) is 12.2. The van der Waals surface area contributed by atoms with Crippen molar-refractivity contribution in [2.75, 3.05) is 19.8 Å². The molecule has 1 amide bonds. The lowest BCUT2D eigenvalue weighted by Gasteiger charge is -2.37. The standard InChI is InChI=1S/C13H20N2O4.ClH/c1-9(14)13(17)15-4-6-18-8-10(15)7-11(16)12-3-2-5-19-12;/h2-3,5,9-11,16H,4,6-8,14H2,1H3;1H. The van der Waals surface area contributed by atoms with Crippen LogP contribution in [0.15, 0.2) is 22.8 Å². The van der Waals surface area contributed by atoms with Gasteiger partial charge in [0.15, 0.2) is 0 Å². The van der Waals surface area contributed by atoms with E-state index in [4.69, 9.17) is 14.9 Å². The van der Waals surface area contributed by atoms with Gasteiger partial charge in [-0.15, -0.1) is 12.4 Å². The molecule has 3 unspecified atom stereocenters. The van der Waals surface area contributed by atoms with Gasteiger partial charge in [0.05, 0.1) is 31.6 Å². The number of rotatable bonds is 4. The molecule has 1 aliphatic rings. The molecule has 1 aromatic rings. The van der Waals surface area contributed by atoms with E-state index in [0.717, 1.165) is 0 Å². The highest BCUT2D eigenvalue weighted by molar-refractivity contribution is 5.85. The second kappa shape index (κ2) is 7.64. The fourth-order valence-electron chi connectivity index (χ4n) is 2.26. The van der Waals surface area contributed by atoms with Crippen molar-refractivity contribution in [2.45, 2.75) is 31.5 Å². The minimum Gasteiger partial charge on any atom is -0.467 e. The van der Waals surface area contributed by atoms with E-state index in [1.165, 1.54) is 6.26 Å². The molecular weight excluding hydrogens is 284 g/mol. The molecule has 1 aliphatic heterocycles. The van der Waals surface area contributed by atoms with Gasteiger partial charge in [0, 0.05) is 13.0 Å². The average molecular weight is 305 g/mol. The Morgan fingerprint density at radius 1 is 1.65 bits per heavy atom. The summed E-state index contributed by atoms with van der Waals surface area (Å²) in [6.45, 7) is 3.09. The zero-order chi connectivity index (χ0) is 13.8. The van der Waals surface area contributed by atoms with E-state index in [-0.39, 0.29) is 24.4 Å². The van der Waals surface area contributed by atoms with Crippen molar-refractivity contribution >= 4 is 18.3 Å². The van der Waals surface area contributed by atoms with Crippen LogP contribution in [0.4, 0.5) is 0 Å². The van der Waals surface area contributed by atoms with Crippen molar-refractivity contribution in [1.82, 2.24) is 4.90 Å². The molecule has 0 aliphatic carbocycles. The maximum absolute atomic E-state index is 12.0. The molecule has 1 fully saturated rings. The summed E-state index contributed by atoms with van der Waals surface area (Å²) in [5.74, 6) is 0.388. The Hall–Kier alpha value is -1.08. The fraction of sp³-hybridized carbons (Fsp3) is 0.615. The van der Waals surface area contributed by atoms with E-state index in [1.54, 1.807) is 24.0 Å². The molecule has 0 aromatic carbocycles. The highest BCUT2D eigenvalue weighted by Gasteiger charge is 2.31. The summed E-state index contributed by atoms with van der Waals surface area (Å²) in [5, 5.41) is 10.1. The molecular formula is C13H21ClN2O4. The third kappa shape index (κ3) is 3.96. The van der Waals surface area contributed by atoms with Gasteiger partial charge in [0.1, 0.15) is 11.9 Å². The first kappa shape index (κ1) is 17.0. The molecule has 0 bridgehead atoms. The van der Waals surface area contributed by atoms with Crippen LogP contribution >= 0.6 is 12.4 Å². The number of aliphatic hydroxyl groups excluding tert-OH is 1. The number of nitrogens with zero attached hydrogens (tertiary/aromatic N) is 1. The van der Waals surface area contributed by atoms with Gasteiger partial charge < -0.3 is 24.9 Å². The Kier molecular flexibility index (Phi) is 6.48. The molecule has 0 saturated carbocycles. The normalized spacial score (nSPS) is 21.9. The van der Waals surface area contributed by atoms with Crippen LogP contribution in [0.5, 0.6) is 0 Å². The van der Waals surface area contributed by atoms with Gasteiger partial charge >= 0.3 is 0 Å². The minimum absolute atomic E-state index is 0. The third-order valence-corrected chi connectivity index (χ3v) is 3.27. The van der Waals surface area contributed by atoms with Crippen LogP contribution in [-0.4, -0.2) is 47.8 Å². The van der Waals surface area contributed by atoms with Crippen molar-refractivity contribution in [2.24, 2.45) is 5.73 Å². The van der Waals surface area contributed by atoms with E-state index >= 15 is 0 Å². The van der Waals surface area contributed by atoms with Gasteiger partial charge in [-0.1, -0.05) is 0 Å². The van der Waals surface area contributed by atoms with E-state index < -0.39 is 12.1 Å². The molecule has 2 rings (SSSR count). The van der Waals surface area contributed by atoms with E-state index in [9.17, 15) is 9.90 Å². The molecule has 1 aromatic heterocycles. The first-order chi connectivity index (χ1) is 9.09. The number of morpholine rings is 1. The van der Waals surface area contributed by atoms with Gasteiger partial charge in [-0.05, 0) is 19.1 Å². The van der Waals surface area contributed by atoms with Crippen molar-refractivity contribution in [3.05, 3.63) is 24.2 Å². The number of ether oxygens (including phenoxy) is 1. The second-order valence-corrected chi connectivity index (χ2v) is 4.82. The van der Waals surface area contributed by atoms with Gasteiger partial charge in [0.25, 0.3) is 0 Å². The van der Waals surface area contributed by atoms with Crippen LogP contribution in [0, 0.1) is 0 Å². The Balaban J connectivity index is 0.00000200. The highest BCUT2D eigenvalue weighted by Crippen LogP contribution is 2.23. The summed E-state index contributed by atoms with van der Waals surface area (Å²) in [6, 6.07) is 2.72. The van der Waals surface area contributed by atoms with Gasteiger partial charge in [0.2, 0.25) is 5.91 Å². The molecule has 3 N–H and O–H groups in total. The summed E-state index contributed by atoms with van der Waals surface area (Å²) in [4.78, 5) is 13.7. The largest absolute Gasteiger partial charge is 0.467 e. The molecule has 20 heavy (non-hydrogen) atoms. The Bertz CT molecular complexity index is 411. The molecule has 0 radical (unpaired) electrons. The number of nitrogens with two attached hydrogens (primary N) is 1. The van der Waals surface area contributed by atoms with Crippen molar-refractivity contribution in [3.63, 3.8) is 0 Å². The fourth-order valence-corrected chi connectivity index (χ4v) is 2.26. The Morgan fingerprint density at radius 3 is 3.00 bits per heavy atom. The smallest absolute Gasteiger partial charge is 0.239 e. The maximum atomic E-state index is 12.0. The van der Waals surface area contributed by atoms with E-state index in [2.05, 4.69) is 0 Å². The number of furan rings is 1. The number of hydrogen-bond acceptors (Lipinski definition) is 5. The Morgan fingerprint density at radius 2 is 2.40 bits per heavy atom. The second-order valence-electron chi connectivity index (χ2n) is 4.82. The van der Waals surface area contributed by atoms with Crippen molar-refractivity contribution in [3.8, 4) is 0 Å². The quantitative estimate of drug-likeness (QED) is 0.855. The number of carbonyl (C=O) groups excluding carboxylic acids is 1. The SMILES string of the molecule is CC(N)C(=O)N1CCOCC1CC(O)c1ccco1.Cl. The number of halogens is 1. The molecule has 2 heterocycles. The number of amides is 1. The summed E-state index contributed by atoms with van der Waals surface area (Å²) in [5.41, 5.74) is 5.64. The molecule has 1 saturated heterocycles. The van der Waals surface area contributed by atoms with Gasteiger partial charge in [-0.3, -0.25) is 4.79 Å². The predicted molar refractivity (Wildman–Crippen MR) is 75.5 cm³/mol. The summed E-state index contributed by atoms with van der Waals surface area (Å²) in [6.07, 6.45) is 1.15. The van der Waals surface area contributed by atoms with Crippen LogP contribution < -0.4 is 5.73 Å². The summed E-state index contributed by atoms with van der Waals surface area (Å²) < 4.78 is 10.5. The molecule has 0 spiro atoms. The predicted octanol–water partition coefficient (Wildman–Crippen LogP) is 0.700. The van der Waals surface area contributed by atoms with Crippen LogP contribution in [-0.2, 0) is 9.53 Å². The molecule has 114 valence electrons. The lowest BCUT2D eigenvalue weighted by atomic mass is 10.0. The highest BCUT2D eigenvalue weighted by atomic mass is 35.5.